The summed E-state index contributed by atoms with van der Waals surface area (Å²) in [4.78, 5) is 42.5. The summed E-state index contributed by atoms with van der Waals surface area (Å²) in [6, 6.07) is 7.03. The lowest BCUT2D eigenvalue weighted by Crippen LogP contribution is -2.44. The van der Waals surface area contributed by atoms with Crippen molar-refractivity contribution >= 4 is 29.3 Å². The molecule has 2 fully saturated rings. The summed E-state index contributed by atoms with van der Waals surface area (Å²) in [5.41, 5.74) is -0.692. The Kier molecular flexibility index (Phi) is 7.30. The fourth-order valence-electron chi connectivity index (χ4n) is 4.37. The number of halogens is 1. The van der Waals surface area contributed by atoms with E-state index in [-0.39, 0.29) is 43.7 Å². The van der Waals surface area contributed by atoms with E-state index in [4.69, 9.17) is 16.3 Å². The molecule has 0 aliphatic carbocycles. The van der Waals surface area contributed by atoms with E-state index in [0.717, 1.165) is 25.7 Å². The number of likely N-dealkylation sites (tertiary alicyclic amines) is 2. The summed E-state index contributed by atoms with van der Waals surface area (Å²) in [6.45, 7) is 1.84. The number of imide groups is 1. The highest BCUT2D eigenvalue weighted by atomic mass is 35.5. The average Bonchev–Trinajstić information content (AvgIpc) is 2.90. The molecular weight excluding hydrogens is 392 g/mol. The molecular formula is C22H29ClN2O4. The van der Waals surface area contributed by atoms with Crippen molar-refractivity contribution in [3.63, 3.8) is 0 Å². The van der Waals surface area contributed by atoms with Gasteiger partial charge in [-0.05, 0) is 24.5 Å². The van der Waals surface area contributed by atoms with Gasteiger partial charge >= 0.3 is 0 Å². The van der Waals surface area contributed by atoms with Crippen LogP contribution in [0.25, 0.3) is 0 Å². The first-order valence-electron chi connectivity index (χ1n) is 10.4. The van der Waals surface area contributed by atoms with Crippen LogP contribution in [0.5, 0.6) is 0 Å². The fourth-order valence-corrected chi connectivity index (χ4v) is 4.69. The maximum Gasteiger partial charge on any atom is 0.241 e. The molecule has 3 rings (SSSR count). The van der Waals surface area contributed by atoms with Crippen LogP contribution in [-0.2, 0) is 24.5 Å². The lowest BCUT2D eigenvalue weighted by atomic mass is 9.75. The van der Waals surface area contributed by atoms with Gasteiger partial charge in [-0.15, -0.1) is 0 Å². The van der Waals surface area contributed by atoms with Gasteiger partial charge in [0.1, 0.15) is 0 Å². The van der Waals surface area contributed by atoms with Crippen molar-refractivity contribution in [2.45, 2.75) is 50.4 Å². The number of carbonyl (C=O) groups excluding carboxylic acids is 3. The molecule has 2 heterocycles. The standard InChI is InChI=1S/C22H29ClN2O4/c1-29-14-13-25-20(27)16-22(21(25)28,17-9-5-6-10-18(17)23)15-19(26)24-11-7-3-2-4-8-12-24/h5-6,9-10H,2-4,7-8,11-16H2,1H3/t22-/m0/s1. The fraction of sp³-hybridized carbons (Fsp3) is 0.591. The zero-order valence-corrected chi connectivity index (χ0v) is 17.7. The molecule has 158 valence electrons. The summed E-state index contributed by atoms with van der Waals surface area (Å²) in [6.07, 6.45) is 5.29. The largest absolute Gasteiger partial charge is 0.383 e. The predicted octanol–water partition coefficient (Wildman–Crippen LogP) is 3.17. The van der Waals surface area contributed by atoms with Crippen molar-refractivity contribution in [1.82, 2.24) is 9.80 Å². The van der Waals surface area contributed by atoms with E-state index >= 15 is 0 Å². The average molecular weight is 421 g/mol. The Bertz CT molecular complexity index is 761. The van der Waals surface area contributed by atoms with E-state index in [9.17, 15) is 14.4 Å². The zero-order valence-electron chi connectivity index (χ0n) is 17.0. The Morgan fingerprint density at radius 1 is 1.10 bits per heavy atom. The van der Waals surface area contributed by atoms with E-state index < -0.39 is 5.41 Å². The van der Waals surface area contributed by atoms with Gasteiger partial charge in [-0.1, -0.05) is 49.1 Å². The SMILES string of the molecule is COCCN1C(=O)C[C@@](CC(=O)N2CCCCCCC2)(c2ccccc2Cl)C1=O. The van der Waals surface area contributed by atoms with E-state index in [1.807, 2.05) is 4.90 Å². The molecule has 1 atom stereocenters. The Morgan fingerprint density at radius 2 is 1.76 bits per heavy atom. The molecule has 29 heavy (non-hydrogen) atoms. The second-order valence-corrected chi connectivity index (χ2v) is 8.31. The number of benzene rings is 1. The van der Waals surface area contributed by atoms with Gasteiger partial charge in [-0.3, -0.25) is 19.3 Å². The highest BCUT2D eigenvalue weighted by Crippen LogP contribution is 2.43. The third-order valence-electron chi connectivity index (χ3n) is 5.98. The minimum atomic E-state index is -1.25. The lowest BCUT2D eigenvalue weighted by Gasteiger charge is -2.32. The van der Waals surface area contributed by atoms with Crippen LogP contribution >= 0.6 is 11.6 Å². The van der Waals surface area contributed by atoms with Crippen molar-refractivity contribution in [3.05, 3.63) is 34.9 Å². The van der Waals surface area contributed by atoms with Crippen LogP contribution in [0, 0.1) is 0 Å². The molecule has 6 nitrogen and oxygen atoms in total. The Morgan fingerprint density at radius 3 is 2.41 bits per heavy atom. The number of ether oxygens (including phenoxy) is 1. The van der Waals surface area contributed by atoms with Crippen molar-refractivity contribution in [2.24, 2.45) is 0 Å². The Hall–Kier alpha value is -1.92. The number of carbonyl (C=O) groups is 3. The molecule has 1 aromatic rings. The van der Waals surface area contributed by atoms with Crippen LogP contribution in [0.4, 0.5) is 0 Å². The second-order valence-electron chi connectivity index (χ2n) is 7.91. The molecule has 0 spiro atoms. The normalized spacial score (nSPS) is 23.2. The predicted molar refractivity (Wildman–Crippen MR) is 111 cm³/mol. The Balaban J connectivity index is 1.92. The van der Waals surface area contributed by atoms with Gasteiger partial charge < -0.3 is 9.64 Å². The van der Waals surface area contributed by atoms with Crippen LogP contribution < -0.4 is 0 Å². The molecule has 0 aromatic heterocycles. The van der Waals surface area contributed by atoms with Crippen molar-refractivity contribution in [2.75, 3.05) is 33.4 Å². The van der Waals surface area contributed by atoms with Crippen molar-refractivity contribution in [1.29, 1.82) is 0 Å². The summed E-state index contributed by atoms with van der Waals surface area (Å²) >= 11 is 6.44. The highest BCUT2D eigenvalue weighted by molar-refractivity contribution is 6.32. The summed E-state index contributed by atoms with van der Waals surface area (Å²) in [5.74, 6) is -0.720. The van der Waals surface area contributed by atoms with E-state index in [2.05, 4.69) is 0 Å². The summed E-state index contributed by atoms with van der Waals surface area (Å²) in [5, 5.41) is 0.405. The minimum Gasteiger partial charge on any atom is -0.383 e. The first-order valence-corrected chi connectivity index (χ1v) is 10.7. The van der Waals surface area contributed by atoms with Crippen LogP contribution in [-0.4, -0.2) is 60.9 Å². The molecule has 3 amide bonds. The zero-order chi connectivity index (χ0) is 20.9. The van der Waals surface area contributed by atoms with Crippen LogP contribution in [0.15, 0.2) is 24.3 Å². The third-order valence-corrected chi connectivity index (χ3v) is 6.31. The first kappa shape index (κ1) is 21.8. The maximum atomic E-state index is 13.5. The van der Waals surface area contributed by atoms with Gasteiger partial charge in [0, 0.05) is 38.1 Å². The molecule has 2 aliphatic rings. The molecule has 2 aliphatic heterocycles. The quantitative estimate of drug-likeness (QED) is 0.663. The van der Waals surface area contributed by atoms with Crippen molar-refractivity contribution < 1.29 is 19.1 Å². The molecule has 1 aromatic carbocycles. The third kappa shape index (κ3) is 4.64. The number of methoxy groups -OCH3 is 1. The van der Waals surface area contributed by atoms with Crippen LogP contribution in [0.3, 0.4) is 0 Å². The van der Waals surface area contributed by atoms with E-state index in [0.29, 0.717) is 23.7 Å². The molecule has 2 saturated heterocycles. The molecule has 7 heteroatoms. The van der Waals surface area contributed by atoms with Gasteiger partial charge in [0.15, 0.2) is 0 Å². The van der Waals surface area contributed by atoms with Gasteiger partial charge in [0.2, 0.25) is 17.7 Å². The number of hydrogen-bond donors (Lipinski definition) is 0. The lowest BCUT2D eigenvalue weighted by molar-refractivity contribution is -0.143. The molecule has 0 saturated carbocycles. The van der Waals surface area contributed by atoms with Gasteiger partial charge in [-0.25, -0.2) is 0 Å². The van der Waals surface area contributed by atoms with Gasteiger partial charge in [0.05, 0.1) is 18.6 Å². The van der Waals surface area contributed by atoms with Gasteiger partial charge in [0.25, 0.3) is 0 Å². The first-order chi connectivity index (χ1) is 14.0. The van der Waals surface area contributed by atoms with E-state index in [1.165, 1.54) is 18.4 Å². The monoisotopic (exact) mass is 420 g/mol. The van der Waals surface area contributed by atoms with Crippen LogP contribution in [0.2, 0.25) is 5.02 Å². The Labute approximate surface area is 177 Å². The minimum absolute atomic E-state index is 0.0369. The number of nitrogens with zero attached hydrogens (tertiary/aromatic N) is 2. The van der Waals surface area contributed by atoms with Crippen LogP contribution in [0.1, 0.15) is 50.5 Å². The molecule has 0 N–H and O–H groups in total. The topological polar surface area (TPSA) is 66.9 Å². The summed E-state index contributed by atoms with van der Waals surface area (Å²) < 4.78 is 5.05. The van der Waals surface area contributed by atoms with Gasteiger partial charge in [-0.2, -0.15) is 0 Å². The molecule has 0 bridgehead atoms. The maximum absolute atomic E-state index is 13.5. The summed E-state index contributed by atoms with van der Waals surface area (Å²) in [7, 11) is 1.53. The number of amides is 3. The second kappa shape index (κ2) is 9.72. The smallest absolute Gasteiger partial charge is 0.241 e. The number of rotatable bonds is 6. The number of hydrogen-bond acceptors (Lipinski definition) is 4. The molecule has 0 unspecified atom stereocenters. The molecule has 0 radical (unpaired) electrons. The highest BCUT2D eigenvalue weighted by Gasteiger charge is 2.54. The van der Waals surface area contributed by atoms with E-state index in [1.54, 1.807) is 24.3 Å². The van der Waals surface area contributed by atoms with Crippen molar-refractivity contribution in [3.8, 4) is 0 Å².